The van der Waals surface area contributed by atoms with Crippen LogP contribution < -0.4 is 10.6 Å². The summed E-state index contributed by atoms with van der Waals surface area (Å²) in [5.41, 5.74) is 8.17. The number of halogens is 1. The second-order valence-corrected chi connectivity index (χ2v) is 10.5. The van der Waals surface area contributed by atoms with E-state index in [2.05, 4.69) is 59.4 Å². The summed E-state index contributed by atoms with van der Waals surface area (Å²) in [4.78, 5) is 13.0. The van der Waals surface area contributed by atoms with Gasteiger partial charge >= 0.3 is 0 Å². The largest absolute Gasteiger partial charge is 0.369 e. The molecule has 0 bridgehead atoms. The highest BCUT2D eigenvalue weighted by atomic mass is 19.1. The van der Waals surface area contributed by atoms with Crippen LogP contribution in [0, 0.1) is 11.7 Å². The molecule has 6 heteroatoms. The van der Waals surface area contributed by atoms with E-state index >= 15 is 0 Å². The van der Waals surface area contributed by atoms with E-state index in [0.29, 0.717) is 22.7 Å². The number of aromatic nitrogens is 3. The van der Waals surface area contributed by atoms with Crippen molar-refractivity contribution in [3.05, 3.63) is 132 Å². The summed E-state index contributed by atoms with van der Waals surface area (Å²) < 4.78 is 14.0. The Morgan fingerprint density at radius 2 is 2.00 bits per heavy atom. The van der Waals surface area contributed by atoms with Crippen LogP contribution in [0.3, 0.4) is 0 Å². The number of benzene rings is 1. The van der Waals surface area contributed by atoms with Gasteiger partial charge in [-0.05, 0) is 87.1 Å². The quantitative estimate of drug-likeness (QED) is 0.245. The Bertz CT molecular complexity index is 1630. The molecule has 1 aromatic carbocycles. The van der Waals surface area contributed by atoms with Crippen molar-refractivity contribution >= 4 is 11.0 Å². The molecular weight excluding hydrogens is 497 g/mol. The van der Waals surface area contributed by atoms with Crippen molar-refractivity contribution in [2.24, 2.45) is 5.92 Å². The molecule has 3 N–H and O–H groups in total. The van der Waals surface area contributed by atoms with Crippen molar-refractivity contribution in [3.63, 3.8) is 0 Å². The topological polar surface area (TPSA) is 65.6 Å². The number of fused-ring (bicyclic) bond motifs is 1. The Morgan fingerprint density at radius 1 is 1.20 bits per heavy atom. The molecule has 1 aliphatic heterocycles. The number of aromatic amines is 1. The van der Waals surface area contributed by atoms with Gasteiger partial charge in [0.2, 0.25) is 0 Å². The second-order valence-electron chi connectivity index (χ2n) is 10.5. The molecule has 1 atom stereocenters. The van der Waals surface area contributed by atoms with Gasteiger partial charge in [-0.1, -0.05) is 50.4 Å². The van der Waals surface area contributed by atoms with E-state index in [1.807, 2.05) is 44.2 Å². The number of allylic oxidation sites excluding steroid dienone is 8. The maximum absolute atomic E-state index is 14.0. The van der Waals surface area contributed by atoms with E-state index in [-0.39, 0.29) is 5.82 Å². The maximum atomic E-state index is 14.0. The highest BCUT2D eigenvalue weighted by Gasteiger charge is 2.45. The first-order valence-electron chi connectivity index (χ1n) is 13.7. The molecule has 2 aliphatic rings. The predicted molar refractivity (Wildman–Crippen MR) is 162 cm³/mol. The Morgan fingerprint density at radius 3 is 2.65 bits per heavy atom. The van der Waals surface area contributed by atoms with Crippen LogP contribution in [0.25, 0.3) is 22.3 Å². The van der Waals surface area contributed by atoms with Crippen molar-refractivity contribution in [1.82, 2.24) is 25.6 Å². The van der Waals surface area contributed by atoms with Crippen LogP contribution in [0.5, 0.6) is 0 Å². The van der Waals surface area contributed by atoms with Gasteiger partial charge < -0.3 is 15.6 Å². The summed E-state index contributed by atoms with van der Waals surface area (Å²) in [6, 6.07) is 8.32. The van der Waals surface area contributed by atoms with Crippen LogP contribution in [0.4, 0.5) is 4.39 Å². The van der Waals surface area contributed by atoms with Gasteiger partial charge in [0.25, 0.3) is 0 Å². The van der Waals surface area contributed by atoms with Gasteiger partial charge in [-0.15, -0.1) is 0 Å². The van der Waals surface area contributed by atoms with Gasteiger partial charge in [0.15, 0.2) is 0 Å². The van der Waals surface area contributed by atoms with Crippen molar-refractivity contribution in [2.75, 3.05) is 0 Å². The third-order valence-electron chi connectivity index (χ3n) is 7.91. The minimum atomic E-state index is -0.580. The van der Waals surface area contributed by atoms with Crippen molar-refractivity contribution in [1.29, 1.82) is 0 Å². The molecule has 5 rings (SSSR count). The fraction of sp³-hybridized carbons (Fsp3) is 0.235. The standard InChI is InChI=1S/C34H36FN5/c1-7-23(20-27(8-2)37-22(5)24-12-10-13-24)21(4)18-28-29(9-3)40-34(28,6)33-38-30-16-17-36-31(32(30)39-33)25-14-11-15-26(35)19-25/h7-9,11,14-20,24,37,40H,2,4-5,10,12-13H2,1,3,6H3,(H,38,39)/b23-7+,27-20+,28-18+,29-9+. The zero-order valence-electron chi connectivity index (χ0n) is 23.4. The summed E-state index contributed by atoms with van der Waals surface area (Å²) in [5, 5.41) is 7.02. The molecule has 0 spiro atoms. The van der Waals surface area contributed by atoms with E-state index in [9.17, 15) is 4.39 Å². The smallest absolute Gasteiger partial charge is 0.137 e. The molecule has 1 unspecified atom stereocenters. The summed E-state index contributed by atoms with van der Waals surface area (Å²) in [6.45, 7) is 18.7. The van der Waals surface area contributed by atoms with E-state index < -0.39 is 5.54 Å². The predicted octanol–water partition coefficient (Wildman–Crippen LogP) is 7.89. The lowest BCUT2D eigenvalue weighted by Gasteiger charge is -2.45. The Balaban J connectivity index is 1.46. The van der Waals surface area contributed by atoms with Gasteiger partial charge in [-0.3, -0.25) is 4.98 Å². The van der Waals surface area contributed by atoms with Crippen LogP contribution in [0.1, 0.15) is 45.9 Å². The molecule has 1 aliphatic carbocycles. The fourth-order valence-electron chi connectivity index (χ4n) is 5.24. The van der Waals surface area contributed by atoms with Gasteiger partial charge in [-0.25, -0.2) is 9.37 Å². The lowest BCUT2D eigenvalue weighted by Crippen LogP contribution is -2.53. The van der Waals surface area contributed by atoms with Gasteiger partial charge in [0.1, 0.15) is 22.7 Å². The molecule has 204 valence electrons. The zero-order chi connectivity index (χ0) is 28.4. The molecule has 3 aromatic rings. The van der Waals surface area contributed by atoms with Crippen LogP contribution in [-0.4, -0.2) is 15.0 Å². The Labute approximate surface area is 235 Å². The molecular formula is C34H36FN5. The summed E-state index contributed by atoms with van der Waals surface area (Å²) in [5.74, 6) is 0.972. The normalized spacial score (nSPS) is 21.6. The third-order valence-corrected chi connectivity index (χ3v) is 7.91. The Hall–Kier alpha value is -4.45. The minimum Gasteiger partial charge on any atom is -0.369 e. The number of hydrogen-bond donors (Lipinski definition) is 3. The number of nitrogens with zero attached hydrogens (tertiary/aromatic N) is 2. The summed E-state index contributed by atoms with van der Waals surface area (Å²) in [6.07, 6.45) is 15.4. The molecule has 1 saturated heterocycles. The van der Waals surface area contributed by atoms with Crippen LogP contribution in [0.2, 0.25) is 0 Å². The maximum Gasteiger partial charge on any atom is 0.137 e. The number of pyridine rings is 1. The molecule has 0 radical (unpaired) electrons. The lowest BCUT2D eigenvalue weighted by atomic mass is 9.78. The van der Waals surface area contributed by atoms with Gasteiger partial charge in [-0.2, -0.15) is 0 Å². The second kappa shape index (κ2) is 11.0. The molecule has 2 aromatic heterocycles. The Kier molecular flexibility index (Phi) is 7.44. The number of imidazole rings is 1. The van der Waals surface area contributed by atoms with Gasteiger partial charge in [0.05, 0.1) is 11.2 Å². The lowest BCUT2D eigenvalue weighted by molar-refractivity contribution is 0.356. The molecule has 1 saturated carbocycles. The van der Waals surface area contributed by atoms with E-state index in [4.69, 9.17) is 4.98 Å². The first-order chi connectivity index (χ1) is 19.3. The molecule has 3 heterocycles. The molecule has 5 nitrogen and oxygen atoms in total. The molecule has 0 amide bonds. The molecule has 40 heavy (non-hydrogen) atoms. The highest BCUT2D eigenvalue weighted by molar-refractivity contribution is 5.89. The fourth-order valence-corrected chi connectivity index (χ4v) is 5.24. The average Bonchev–Trinajstić information content (AvgIpc) is 3.36. The SMILES string of the molecule is C=C/C(=C\C(=C/C)C(=C)/C=C1\C(=C/C)NC1(C)c1nc2c(-c3cccc(F)c3)nccc2[nH]1)NC(=C)C1CCC1. The van der Waals surface area contributed by atoms with Crippen molar-refractivity contribution < 1.29 is 4.39 Å². The monoisotopic (exact) mass is 533 g/mol. The number of rotatable bonds is 9. The third kappa shape index (κ3) is 4.97. The van der Waals surface area contributed by atoms with E-state index in [0.717, 1.165) is 45.2 Å². The van der Waals surface area contributed by atoms with Crippen LogP contribution in [0.15, 0.2) is 120 Å². The highest BCUT2D eigenvalue weighted by Crippen LogP contribution is 2.43. The van der Waals surface area contributed by atoms with Crippen LogP contribution in [-0.2, 0) is 5.54 Å². The minimum absolute atomic E-state index is 0.308. The summed E-state index contributed by atoms with van der Waals surface area (Å²) >= 11 is 0. The average molecular weight is 534 g/mol. The van der Waals surface area contributed by atoms with Crippen LogP contribution >= 0.6 is 0 Å². The van der Waals surface area contributed by atoms with Gasteiger partial charge in [0, 0.05) is 34.4 Å². The van der Waals surface area contributed by atoms with E-state index in [1.54, 1.807) is 12.3 Å². The zero-order valence-corrected chi connectivity index (χ0v) is 23.4. The number of H-pyrrole nitrogens is 1. The van der Waals surface area contributed by atoms with Crippen molar-refractivity contribution in [3.8, 4) is 11.3 Å². The summed E-state index contributed by atoms with van der Waals surface area (Å²) in [7, 11) is 0. The van der Waals surface area contributed by atoms with E-state index in [1.165, 1.54) is 31.4 Å². The first kappa shape index (κ1) is 27.1. The number of hydrogen-bond acceptors (Lipinski definition) is 4. The van der Waals surface area contributed by atoms with Crippen molar-refractivity contribution in [2.45, 2.75) is 45.6 Å². The molecule has 2 fully saturated rings. The number of nitrogens with one attached hydrogen (secondary N) is 3. The first-order valence-corrected chi connectivity index (χ1v) is 13.7.